The van der Waals surface area contributed by atoms with Gasteiger partial charge in [0.15, 0.2) is 0 Å². The molecule has 0 aromatic rings. The summed E-state index contributed by atoms with van der Waals surface area (Å²) in [5.41, 5.74) is 0. The highest BCUT2D eigenvalue weighted by Gasteiger charge is 1.91. The fourth-order valence-electron chi connectivity index (χ4n) is 0.653. The van der Waals surface area contributed by atoms with Crippen molar-refractivity contribution in [1.29, 1.82) is 0 Å². The topological polar surface area (TPSA) is 37.0 Å². The van der Waals surface area contributed by atoms with Crippen LogP contribution in [0.3, 0.4) is 0 Å². The Hall–Kier alpha value is -0.370. The second-order valence-corrected chi connectivity index (χ2v) is 2.22. The Balaban J connectivity index is 2.83. The predicted molar refractivity (Wildman–Crippen MR) is 34.7 cm³/mol. The van der Waals surface area contributed by atoms with Crippen molar-refractivity contribution >= 4 is 5.78 Å². The Bertz CT molecular complexity index is 79.0. The molecule has 0 unspecified atom stereocenters. The van der Waals surface area contributed by atoms with Gasteiger partial charge in [0.2, 0.25) is 0 Å². The molecule has 53 valence electrons. The number of ketones is 1. The van der Waals surface area contributed by atoms with Gasteiger partial charge in [0, 0.05) is 6.42 Å². The number of Topliss-reactive ketones (excluding diaryl/α,β-unsaturated/α-hetero) is 1. The molecule has 0 aromatic heterocycles. The van der Waals surface area contributed by atoms with E-state index in [0.717, 1.165) is 12.8 Å². The Kier molecular flexibility index (Phi) is 5.52. The van der Waals surface area contributed by atoms with Gasteiger partial charge < -0.3 is 4.79 Å². The number of unbranched alkanes of at least 4 members (excludes halogenated alkanes) is 2. The zero-order chi connectivity index (χ0) is 7.11. The maximum Gasteiger partial charge on any atom is 0.129 e. The maximum absolute atomic E-state index is 10.3. The monoisotopic (exact) mass is 129 g/mol. The van der Waals surface area contributed by atoms with E-state index in [1.165, 1.54) is 0 Å². The van der Waals surface area contributed by atoms with Gasteiger partial charge >= 0.3 is 0 Å². The van der Waals surface area contributed by atoms with Crippen LogP contribution in [0, 0.1) is 0 Å². The number of carbonyl (C=O) groups excluding carboxylic acids is 1. The van der Waals surface area contributed by atoms with E-state index in [2.05, 4.69) is 0 Å². The number of hydrogen-bond donors (Lipinski definition) is 0. The Morgan fingerprint density at radius 3 is 2.33 bits per heavy atom. The highest BCUT2D eigenvalue weighted by Crippen LogP contribution is 1.98. The van der Waals surface area contributed by atoms with Gasteiger partial charge in [-0.25, -0.2) is 5.11 Å². The van der Waals surface area contributed by atoms with Gasteiger partial charge in [0.1, 0.15) is 5.78 Å². The van der Waals surface area contributed by atoms with Crippen LogP contribution in [-0.4, -0.2) is 12.4 Å². The third-order valence-electron chi connectivity index (χ3n) is 1.17. The number of rotatable bonds is 5. The average Bonchev–Trinajstić information content (AvgIpc) is 1.80. The molecule has 9 heavy (non-hydrogen) atoms. The Morgan fingerprint density at radius 2 is 1.89 bits per heavy atom. The van der Waals surface area contributed by atoms with Crippen molar-refractivity contribution in [3.8, 4) is 0 Å². The fraction of sp³-hybridized carbons (Fsp3) is 0.857. The van der Waals surface area contributed by atoms with E-state index in [9.17, 15) is 9.90 Å². The predicted octanol–water partition coefficient (Wildman–Crippen LogP) is 1.57. The van der Waals surface area contributed by atoms with Crippen LogP contribution < -0.4 is 0 Å². The standard InChI is InChI=1S/C7H13O2/c1-7(9)5-3-2-4-6-8/h2-6H2,1H3. The molecule has 0 saturated carbocycles. The Morgan fingerprint density at radius 1 is 1.22 bits per heavy atom. The van der Waals surface area contributed by atoms with Crippen LogP contribution in [0.25, 0.3) is 0 Å². The summed E-state index contributed by atoms with van der Waals surface area (Å²) in [5, 5.41) is 9.89. The SMILES string of the molecule is CC(=O)CCCCC[O]. The number of carbonyl (C=O) groups is 1. The molecule has 0 bridgehead atoms. The van der Waals surface area contributed by atoms with E-state index < -0.39 is 0 Å². The zero-order valence-corrected chi connectivity index (χ0v) is 5.85. The minimum absolute atomic E-state index is 0.00208. The molecule has 0 aliphatic rings. The third-order valence-corrected chi connectivity index (χ3v) is 1.17. The molecule has 0 rings (SSSR count). The fourth-order valence-corrected chi connectivity index (χ4v) is 0.653. The molecule has 0 saturated heterocycles. The summed E-state index contributed by atoms with van der Waals surface area (Å²) >= 11 is 0. The second-order valence-electron chi connectivity index (χ2n) is 2.22. The molecule has 0 N–H and O–H groups in total. The average molecular weight is 129 g/mol. The molecular weight excluding hydrogens is 116 g/mol. The smallest absolute Gasteiger partial charge is 0.129 e. The molecule has 0 fully saturated rings. The molecule has 1 radical (unpaired) electrons. The van der Waals surface area contributed by atoms with Crippen molar-refractivity contribution in [1.82, 2.24) is 0 Å². The van der Waals surface area contributed by atoms with E-state index in [0.29, 0.717) is 12.8 Å². The molecule has 2 heteroatoms. The van der Waals surface area contributed by atoms with Gasteiger partial charge in [-0.3, -0.25) is 0 Å². The lowest BCUT2D eigenvalue weighted by Gasteiger charge is -1.92. The summed E-state index contributed by atoms with van der Waals surface area (Å²) in [4.78, 5) is 10.3. The lowest BCUT2D eigenvalue weighted by atomic mass is 10.1. The van der Waals surface area contributed by atoms with Crippen LogP contribution >= 0.6 is 0 Å². The lowest BCUT2D eigenvalue weighted by molar-refractivity contribution is -0.117. The van der Waals surface area contributed by atoms with Crippen molar-refractivity contribution in [2.24, 2.45) is 0 Å². The van der Waals surface area contributed by atoms with E-state index >= 15 is 0 Å². The minimum Gasteiger partial charge on any atom is -0.300 e. The molecule has 0 atom stereocenters. The summed E-state index contributed by atoms with van der Waals surface area (Å²) in [6.07, 6.45) is 3.15. The van der Waals surface area contributed by atoms with Gasteiger partial charge in [0.05, 0.1) is 6.61 Å². The highest BCUT2D eigenvalue weighted by atomic mass is 16.2. The summed E-state index contributed by atoms with van der Waals surface area (Å²) in [5.74, 6) is 0.223. The van der Waals surface area contributed by atoms with Crippen LogP contribution in [-0.2, 0) is 9.90 Å². The van der Waals surface area contributed by atoms with Crippen molar-refractivity contribution in [3.05, 3.63) is 0 Å². The zero-order valence-electron chi connectivity index (χ0n) is 5.85. The minimum atomic E-state index is -0.00208. The quantitative estimate of drug-likeness (QED) is 0.519. The first-order chi connectivity index (χ1) is 4.27. The maximum atomic E-state index is 10.3. The summed E-state index contributed by atoms with van der Waals surface area (Å²) in [7, 11) is 0. The van der Waals surface area contributed by atoms with E-state index in [1.807, 2.05) is 0 Å². The molecule has 0 aromatic carbocycles. The largest absolute Gasteiger partial charge is 0.300 e. The van der Waals surface area contributed by atoms with Crippen LogP contribution in [0.4, 0.5) is 0 Å². The summed E-state index contributed by atoms with van der Waals surface area (Å²) < 4.78 is 0. The number of hydrogen-bond acceptors (Lipinski definition) is 1. The molecule has 0 aliphatic heterocycles. The van der Waals surface area contributed by atoms with Gasteiger partial charge in [-0.15, -0.1) is 0 Å². The first kappa shape index (κ1) is 8.63. The van der Waals surface area contributed by atoms with Crippen LogP contribution in [0.2, 0.25) is 0 Å². The van der Waals surface area contributed by atoms with E-state index in [-0.39, 0.29) is 12.4 Å². The van der Waals surface area contributed by atoms with E-state index in [1.54, 1.807) is 6.92 Å². The normalized spacial score (nSPS) is 9.56. The second kappa shape index (κ2) is 5.76. The lowest BCUT2D eigenvalue weighted by Crippen LogP contribution is -1.89. The third kappa shape index (κ3) is 7.63. The van der Waals surface area contributed by atoms with Crippen molar-refractivity contribution in [2.45, 2.75) is 32.6 Å². The first-order valence-corrected chi connectivity index (χ1v) is 3.35. The molecule has 2 nitrogen and oxygen atoms in total. The summed E-state index contributed by atoms with van der Waals surface area (Å²) in [6.45, 7) is 1.58. The van der Waals surface area contributed by atoms with Gasteiger partial charge in [0.25, 0.3) is 0 Å². The molecule has 0 heterocycles. The van der Waals surface area contributed by atoms with Gasteiger partial charge in [-0.2, -0.15) is 0 Å². The summed E-state index contributed by atoms with van der Waals surface area (Å²) in [6, 6.07) is 0. The first-order valence-electron chi connectivity index (χ1n) is 3.35. The molecular formula is C7H13O2. The van der Waals surface area contributed by atoms with E-state index in [4.69, 9.17) is 0 Å². The van der Waals surface area contributed by atoms with Crippen LogP contribution in [0.5, 0.6) is 0 Å². The molecule has 0 aliphatic carbocycles. The van der Waals surface area contributed by atoms with Crippen LogP contribution in [0.1, 0.15) is 32.6 Å². The molecule has 0 amide bonds. The van der Waals surface area contributed by atoms with Crippen LogP contribution in [0.15, 0.2) is 0 Å². The van der Waals surface area contributed by atoms with Gasteiger partial charge in [-0.05, 0) is 19.8 Å². The van der Waals surface area contributed by atoms with Crippen molar-refractivity contribution in [3.63, 3.8) is 0 Å². The Labute approximate surface area is 55.9 Å². The molecule has 0 spiro atoms. The van der Waals surface area contributed by atoms with Crippen molar-refractivity contribution < 1.29 is 9.90 Å². The van der Waals surface area contributed by atoms with Crippen molar-refractivity contribution in [2.75, 3.05) is 6.61 Å². The highest BCUT2D eigenvalue weighted by molar-refractivity contribution is 5.75. The van der Waals surface area contributed by atoms with Gasteiger partial charge in [-0.1, -0.05) is 6.42 Å².